The van der Waals surface area contributed by atoms with Crippen LogP contribution < -0.4 is 5.32 Å². The predicted molar refractivity (Wildman–Crippen MR) is 327 cm³/mol. The van der Waals surface area contributed by atoms with Gasteiger partial charge in [0.2, 0.25) is 5.91 Å². The highest BCUT2D eigenvalue weighted by atomic mass is 16.7. The van der Waals surface area contributed by atoms with E-state index in [9.17, 15) is 45.6 Å². The van der Waals surface area contributed by atoms with E-state index < -0.39 is 86.8 Å². The van der Waals surface area contributed by atoms with E-state index in [0.29, 0.717) is 12.8 Å². The number of allylic oxidation sites excluding steroid dienone is 13. The molecule has 0 radical (unpaired) electrons. The summed E-state index contributed by atoms with van der Waals surface area (Å²) in [5.41, 5.74) is 0. The van der Waals surface area contributed by atoms with Crippen LogP contribution in [0, 0.1) is 0 Å². The summed E-state index contributed by atoms with van der Waals surface area (Å²) in [6, 6.07) is -0.935. The molecule has 0 saturated carbocycles. The highest BCUT2D eigenvalue weighted by Gasteiger charge is 2.51. The Balaban J connectivity index is 1.68. The van der Waals surface area contributed by atoms with Gasteiger partial charge in [0.05, 0.1) is 32.0 Å². The van der Waals surface area contributed by atoms with Crippen molar-refractivity contribution in [3.63, 3.8) is 0 Å². The lowest BCUT2D eigenvalue weighted by atomic mass is 9.97. The third kappa shape index (κ3) is 36.6. The summed E-state index contributed by atoms with van der Waals surface area (Å²) in [4.78, 5) is 13.3. The molecule has 14 nitrogen and oxygen atoms in total. The van der Waals surface area contributed by atoms with Gasteiger partial charge in [-0.3, -0.25) is 4.79 Å². The first-order valence-electron chi connectivity index (χ1n) is 32.3. The molecule has 2 heterocycles. The molecule has 0 aromatic heterocycles. The van der Waals surface area contributed by atoms with Gasteiger partial charge in [0.25, 0.3) is 0 Å². The van der Waals surface area contributed by atoms with Crippen LogP contribution in [-0.2, 0) is 23.7 Å². The molecule has 0 aromatic rings. The molecule has 2 fully saturated rings. The highest BCUT2D eigenvalue weighted by Crippen LogP contribution is 2.30. The van der Waals surface area contributed by atoms with Gasteiger partial charge in [-0.1, -0.05) is 240 Å². The normalized spacial score (nSPS) is 24.7. The molecular weight excluding hydrogens is 1030 g/mol. The van der Waals surface area contributed by atoms with Gasteiger partial charge in [-0.05, 0) is 77.0 Å². The average molecular weight is 1140 g/mol. The largest absolute Gasteiger partial charge is 0.394 e. The minimum absolute atomic E-state index is 0.251. The van der Waals surface area contributed by atoms with Crippen molar-refractivity contribution in [2.45, 2.75) is 312 Å². The van der Waals surface area contributed by atoms with Crippen molar-refractivity contribution in [2.24, 2.45) is 0 Å². The first-order chi connectivity index (χ1) is 39.6. The fraction of sp³-hybridized carbons (Fsp3) is 0.776. The van der Waals surface area contributed by atoms with Crippen LogP contribution in [0.2, 0.25) is 0 Å². The van der Waals surface area contributed by atoms with Gasteiger partial charge in [-0.15, -0.1) is 0 Å². The fourth-order valence-electron chi connectivity index (χ4n) is 10.2. The second-order valence-electron chi connectivity index (χ2n) is 22.5. The van der Waals surface area contributed by atoms with Crippen molar-refractivity contribution < 1.29 is 64.6 Å². The minimum atomic E-state index is -1.79. The number of ether oxygens (including phenoxy) is 4. The number of hydrogen-bond acceptors (Lipinski definition) is 13. The summed E-state index contributed by atoms with van der Waals surface area (Å²) in [5, 5.41) is 87.2. The van der Waals surface area contributed by atoms with Gasteiger partial charge in [0.1, 0.15) is 48.8 Å². The summed E-state index contributed by atoms with van der Waals surface area (Å²) in [6.07, 6.45) is 53.4. The monoisotopic (exact) mass is 1140 g/mol. The van der Waals surface area contributed by atoms with Crippen LogP contribution >= 0.6 is 0 Å². The first-order valence-corrected chi connectivity index (χ1v) is 32.3. The number of carbonyl (C=O) groups excluding carboxylic acids is 1. The minimum Gasteiger partial charge on any atom is -0.394 e. The number of amides is 1. The van der Waals surface area contributed by atoms with E-state index in [2.05, 4.69) is 92.1 Å². The molecule has 0 spiro atoms. The Hall–Kier alpha value is -2.83. The Labute approximate surface area is 491 Å². The van der Waals surface area contributed by atoms with Crippen molar-refractivity contribution in [3.05, 3.63) is 85.1 Å². The smallest absolute Gasteiger partial charge is 0.220 e. The van der Waals surface area contributed by atoms with Crippen LogP contribution in [0.1, 0.15) is 239 Å². The molecule has 12 atom stereocenters. The van der Waals surface area contributed by atoms with Crippen LogP contribution in [-0.4, -0.2) is 140 Å². The Morgan fingerprint density at radius 3 is 1.36 bits per heavy atom. The van der Waals surface area contributed by atoms with Gasteiger partial charge in [0.15, 0.2) is 12.6 Å². The van der Waals surface area contributed by atoms with Crippen LogP contribution in [0.3, 0.4) is 0 Å². The van der Waals surface area contributed by atoms with Crippen LogP contribution in [0.4, 0.5) is 0 Å². The van der Waals surface area contributed by atoms with Gasteiger partial charge < -0.3 is 65.1 Å². The van der Waals surface area contributed by atoms with Gasteiger partial charge >= 0.3 is 0 Å². The van der Waals surface area contributed by atoms with E-state index in [-0.39, 0.29) is 18.9 Å². The van der Waals surface area contributed by atoms with Crippen molar-refractivity contribution in [2.75, 3.05) is 19.8 Å². The lowest BCUT2D eigenvalue weighted by Gasteiger charge is -2.46. The lowest BCUT2D eigenvalue weighted by Crippen LogP contribution is -2.65. The summed E-state index contributed by atoms with van der Waals surface area (Å²) in [6.45, 7) is 2.67. The number of aliphatic hydroxyl groups excluding tert-OH is 8. The van der Waals surface area contributed by atoms with Gasteiger partial charge in [-0.25, -0.2) is 0 Å². The zero-order chi connectivity index (χ0) is 58.8. The molecule has 2 aliphatic heterocycles. The Kier molecular flexibility index (Phi) is 47.3. The molecule has 9 N–H and O–H groups in total. The second-order valence-corrected chi connectivity index (χ2v) is 22.5. The summed E-state index contributed by atoms with van der Waals surface area (Å²) >= 11 is 0. The zero-order valence-corrected chi connectivity index (χ0v) is 50.5. The Morgan fingerprint density at radius 2 is 0.864 bits per heavy atom. The van der Waals surface area contributed by atoms with Crippen molar-refractivity contribution in [3.8, 4) is 0 Å². The SMILES string of the molecule is CC/C=C\C/C=C\C/C=C\C/C=C\C/C=C\CCCCCCCCCCCCCCCCCC(=O)NC(COC1OC(CO)C(OC2OC(CO)C(O)C(O)C2O)C(O)C1O)C(O)/C=C/CC/C=C/CCCCCCCCCCCC. The predicted octanol–water partition coefficient (Wildman–Crippen LogP) is 12.1. The molecule has 2 saturated heterocycles. The topological polar surface area (TPSA) is 228 Å². The molecule has 2 aliphatic rings. The summed E-state index contributed by atoms with van der Waals surface area (Å²) in [7, 11) is 0. The molecule has 0 aliphatic carbocycles. The van der Waals surface area contributed by atoms with E-state index >= 15 is 0 Å². The third-order valence-electron chi connectivity index (χ3n) is 15.3. The van der Waals surface area contributed by atoms with E-state index in [1.54, 1.807) is 6.08 Å². The molecule has 1 amide bonds. The molecule has 12 unspecified atom stereocenters. The maximum atomic E-state index is 13.3. The number of rotatable bonds is 51. The number of carbonyl (C=O) groups is 1. The number of unbranched alkanes of at least 4 members (excludes halogenated alkanes) is 26. The van der Waals surface area contributed by atoms with Gasteiger partial charge in [-0.2, -0.15) is 0 Å². The molecule has 0 bridgehead atoms. The van der Waals surface area contributed by atoms with Gasteiger partial charge in [0, 0.05) is 6.42 Å². The molecule has 0 aromatic carbocycles. The number of nitrogens with one attached hydrogen (secondary N) is 1. The zero-order valence-electron chi connectivity index (χ0n) is 50.5. The number of hydrogen-bond donors (Lipinski definition) is 9. The van der Waals surface area contributed by atoms with Crippen molar-refractivity contribution >= 4 is 5.91 Å². The first kappa shape index (κ1) is 74.3. The second kappa shape index (κ2) is 51.6. The fourth-order valence-corrected chi connectivity index (χ4v) is 10.2. The Bertz CT molecular complexity index is 1680. The average Bonchev–Trinajstić information content (AvgIpc) is 3.47. The van der Waals surface area contributed by atoms with Crippen molar-refractivity contribution in [1.82, 2.24) is 5.32 Å². The molecule has 468 valence electrons. The maximum Gasteiger partial charge on any atom is 0.220 e. The molecule has 14 heteroatoms. The molecular formula is C67H117NO13. The third-order valence-corrected chi connectivity index (χ3v) is 15.3. The molecule has 2 rings (SSSR count). The standard InChI is InChI=1S/C67H117NO13/c1-3-5-7-9-11-13-15-17-19-21-22-23-24-25-26-27-28-29-30-31-32-33-34-35-37-39-41-43-45-47-49-51-59(72)68-55(56(71)50-48-46-44-42-40-38-36-20-18-16-14-12-10-8-6-4-2)54-78-66-64(77)62(75)65(58(53-70)80-66)81-67-63(76)61(74)60(73)57(52-69)79-67/h5,7,11,13,17,19,22-23,25-26,40,42,48,50,55-58,60-67,69-71,73-77H,3-4,6,8-10,12,14-16,18,20-21,24,27-39,41,43-47,49,51-54H2,1-2H3,(H,68,72)/b7-5-,13-11-,19-17-,23-22-,26-25-,42-40+,50-48+. The highest BCUT2D eigenvalue weighted by molar-refractivity contribution is 5.76. The van der Waals surface area contributed by atoms with Crippen LogP contribution in [0.5, 0.6) is 0 Å². The molecule has 81 heavy (non-hydrogen) atoms. The quantitative estimate of drug-likeness (QED) is 0.0204. The summed E-state index contributed by atoms with van der Waals surface area (Å²) < 4.78 is 22.8. The lowest BCUT2D eigenvalue weighted by molar-refractivity contribution is -0.359. The maximum absolute atomic E-state index is 13.3. The van der Waals surface area contributed by atoms with E-state index in [1.165, 1.54) is 141 Å². The van der Waals surface area contributed by atoms with E-state index in [1.807, 2.05) is 6.08 Å². The van der Waals surface area contributed by atoms with E-state index in [0.717, 1.165) is 64.2 Å². The summed E-state index contributed by atoms with van der Waals surface area (Å²) in [5.74, 6) is -0.251. The van der Waals surface area contributed by atoms with Crippen LogP contribution in [0.25, 0.3) is 0 Å². The van der Waals surface area contributed by atoms with Crippen molar-refractivity contribution in [1.29, 1.82) is 0 Å². The van der Waals surface area contributed by atoms with E-state index in [4.69, 9.17) is 18.9 Å². The number of aliphatic hydroxyl groups is 8. The Morgan fingerprint density at radius 1 is 0.457 bits per heavy atom. The van der Waals surface area contributed by atoms with Crippen LogP contribution in [0.15, 0.2) is 85.1 Å².